The summed E-state index contributed by atoms with van der Waals surface area (Å²) in [7, 11) is 0. The topological polar surface area (TPSA) is 114 Å². The van der Waals surface area contributed by atoms with E-state index in [2.05, 4.69) is 19.9 Å². The second-order valence-corrected chi connectivity index (χ2v) is 9.25. The van der Waals surface area contributed by atoms with Gasteiger partial charge < -0.3 is 21.5 Å². The van der Waals surface area contributed by atoms with Gasteiger partial charge >= 0.3 is 0 Å². The molecule has 2 aromatic heterocycles. The number of nitrogens with zero attached hydrogens (tertiary/aromatic N) is 4. The highest BCUT2D eigenvalue weighted by molar-refractivity contribution is 7.99. The molecule has 3 heterocycles. The molecule has 2 aliphatic rings. The number of piperidine rings is 1. The lowest BCUT2D eigenvalue weighted by Gasteiger charge is -2.42. The molecule has 0 aromatic carbocycles. The van der Waals surface area contributed by atoms with Crippen LogP contribution in [0.25, 0.3) is 0 Å². The molecule has 0 amide bonds. The van der Waals surface area contributed by atoms with Gasteiger partial charge in [-0.15, -0.1) is 0 Å². The third kappa shape index (κ3) is 3.76. The van der Waals surface area contributed by atoms with Gasteiger partial charge in [0.05, 0.1) is 17.3 Å². The minimum absolute atomic E-state index is 0.0437. The molecular weight excluding hydrogens is 419 g/mol. The normalized spacial score (nSPS) is 24.1. The van der Waals surface area contributed by atoms with Crippen molar-refractivity contribution in [2.24, 2.45) is 11.1 Å². The second-order valence-electron chi connectivity index (χ2n) is 7.48. The van der Waals surface area contributed by atoms with Gasteiger partial charge in [0.2, 0.25) is 0 Å². The first kappa shape index (κ1) is 20.0. The summed E-state index contributed by atoms with van der Waals surface area (Å²) in [6, 6.07) is 1.83. The first-order valence-electron chi connectivity index (χ1n) is 9.17. The van der Waals surface area contributed by atoms with Gasteiger partial charge in [-0.2, -0.15) is 0 Å². The van der Waals surface area contributed by atoms with E-state index in [4.69, 9.17) is 34.7 Å². The van der Waals surface area contributed by atoms with E-state index in [0.29, 0.717) is 22.3 Å². The van der Waals surface area contributed by atoms with E-state index < -0.39 is 0 Å². The van der Waals surface area contributed by atoms with Crippen LogP contribution in [0.2, 0.25) is 10.2 Å². The minimum atomic E-state index is -0.276. The predicted molar refractivity (Wildman–Crippen MR) is 112 cm³/mol. The van der Waals surface area contributed by atoms with Crippen molar-refractivity contribution in [2.75, 3.05) is 23.7 Å². The Balaban J connectivity index is 1.46. The molecule has 150 valence electrons. The monoisotopic (exact) mass is 440 g/mol. The molecule has 10 heteroatoms. The van der Waals surface area contributed by atoms with Crippen LogP contribution in [-0.2, 0) is 0 Å². The van der Waals surface area contributed by atoms with E-state index in [1.165, 1.54) is 11.8 Å². The van der Waals surface area contributed by atoms with E-state index in [1.807, 2.05) is 0 Å². The first-order chi connectivity index (χ1) is 13.4. The van der Waals surface area contributed by atoms with Crippen LogP contribution in [0.4, 0.5) is 11.6 Å². The van der Waals surface area contributed by atoms with Crippen molar-refractivity contribution in [1.29, 1.82) is 0 Å². The molecule has 1 saturated carbocycles. The lowest BCUT2D eigenvalue weighted by Crippen LogP contribution is -2.47. The number of aromatic nitrogens is 3. The minimum Gasteiger partial charge on any atom is -0.393 e. The zero-order valence-corrected chi connectivity index (χ0v) is 17.5. The molecular formula is C18H22Cl2N6OS. The summed E-state index contributed by atoms with van der Waals surface area (Å²) in [5.74, 6) is 1.10. The number of anilines is 2. The lowest BCUT2D eigenvalue weighted by atomic mass is 9.74. The highest BCUT2D eigenvalue weighted by Crippen LogP contribution is 2.46. The molecule has 0 bridgehead atoms. The zero-order chi connectivity index (χ0) is 19.9. The lowest BCUT2D eigenvalue weighted by molar-refractivity contribution is 0.141. The second kappa shape index (κ2) is 7.84. The summed E-state index contributed by atoms with van der Waals surface area (Å²) in [6.45, 7) is 1.65. The van der Waals surface area contributed by atoms with Crippen molar-refractivity contribution in [1.82, 2.24) is 15.0 Å². The van der Waals surface area contributed by atoms with Gasteiger partial charge in [-0.3, -0.25) is 0 Å². The molecule has 1 spiro atoms. The van der Waals surface area contributed by atoms with E-state index in [9.17, 15) is 5.11 Å². The molecule has 1 aliphatic carbocycles. The maximum Gasteiger partial charge on any atom is 0.158 e. The molecule has 0 unspecified atom stereocenters. The van der Waals surface area contributed by atoms with Crippen LogP contribution >= 0.6 is 35.0 Å². The molecule has 5 N–H and O–H groups in total. The average Bonchev–Trinajstić information content (AvgIpc) is 2.94. The first-order valence-corrected chi connectivity index (χ1v) is 10.7. The van der Waals surface area contributed by atoms with Gasteiger partial charge in [-0.05, 0) is 37.2 Å². The van der Waals surface area contributed by atoms with Crippen LogP contribution in [0.1, 0.15) is 25.7 Å². The number of pyridine rings is 1. The Morgan fingerprint density at radius 3 is 2.64 bits per heavy atom. The number of hydrogen-bond acceptors (Lipinski definition) is 8. The largest absolute Gasteiger partial charge is 0.393 e. The van der Waals surface area contributed by atoms with Crippen molar-refractivity contribution in [3.63, 3.8) is 0 Å². The number of nitrogens with two attached hydrogens (primary N) is 2. The Labute approximate surface area is 177 Å². The average molecular weight is 441 g/mol. The molecule has 1 aliphatic heterocycles. The van der Waals surface area contributed by atoms with E-state index in [-0.39, 0.29) is 22.7 Å². The zero-order valence-electron chi connectivity index (χ0n) is 15.2. The maximum atomic E-state index is 9.97. The quantitative estimate of drug-likeness (QED) is 0.623. The van der Waals surface area contributed by atoms with E-state index >= 15 is 0 Å². The summed E-state index contributed by atoms with van der Waals surface area (Å²) >= 11 is 13.5. The van der Waals surface area contributed by atoms with Crippen LogP contribution in [0.3, 0.4) is 0 Å². The summed E-state index contributed by atoms with van der Waals surface area (Å²) in [6.07, 6.45) is 6.41. The molecule has 4 rings (SSSR count). The summed E-state index contributed by atoms with van der Waals surface area (Å²) < 4.78 is 0. The van der Waals surface area contributed by atoms with Crippen molar-refractivity contribution in [3.8, 4) is 0 Å². The molecule has 28 heavy (non-hydrogen) atoms. The fourth-order valence-corrected chi connectivity index (χ4v) is 5.42. The van der Waals surface area contributed by atoms with Crippen LogP contribution in [0.5, 0.6) is 0 Å². The maximum absolute atomic E-state index is 9.97. The standard InChI is InChI=1S/C18H22Cl2N6OS/c19-14-11(1-4-23-15(14)20)28-17-16(22)25-13(9-24-17)26-5-2-18(3-6-26)8-10(27)7-12(18)21/h1,4,9-10,12,27H,2-3,5-8,21H2,(H2,22,25)/t10-,12+/m0/s1. The van der Waals surface area contributed by atoms with Crippen molar-refractivity contribution < 1.29 is 5.11 Å². The van der Waals surface area contributed by atoms with Crippen LogP contribution < -0.4 is 16.4 Å². The van der Waals surface area contributed by atoms with Gasteiger partial charge in [0, 0.05) is 30.2 Å². The smallest absolute Gasteiger partial charge is 0.158 e. The number of hydrogen-bond donors (Lipinski definition) is 3. The number of aliphatic hydroxyl groups is 1. The number of halogens is 2. The van der Waals surface area contributed by atoms with Crippen molar-refractivity contribution in [2.45, 2.75) is 47.8 Å². The number of nitrogen functional groups attached to an aromatic ring is 1. The Kier molecular flexibility index (Phi) is 5.59. The highest BCUT2D eigenvalue weighted by atomic mass is 35.5. The Bertz CT molecular complexity index is 877. The van der Waals surface area contributed by atoms with Crippen LogP contribution in [0, 0.1) is 5.41 Å². The SMILES string of the molecule is Nc1nc(N2CCC3(CC2)C[C@@H](O)C[C@H]3N)cnc1Sc1ccnc(Cl)c1Cl. The molecule has 2 fully saturated rings. The summed E-state index contributed by atoms with van der Waals surface area (Å²) in [4.78, 5) is 15.9. The van der Waals surface area contributed by atoms with Gasteiger partial charge in [-0.25, -0.2) is 15.0 Å². The van der Waals surface area contributed by atoms with Gasteiger partial charge in [0.25, 0.3) is 0 Å². The third-order valence-electron chi connectivity index (χ3n) is 5.81. The summed E-state index contributed by atoms with van der Waals surface area (Å²) in [5, 5.41) is 11.2. The molecule has 2 aromatic rings. The Morgan fingerprint density at radius 1 is 1.25 bits per heavy atom. The summed E-state index contributed by atoms with van der Waals surface area (Å²) in [5.41, 5.74) is 12.5. The molecule has 0 radical (unpaired) electrons. The predicted octanol–water partition coefficient (Wildman–Crippen LogP) is 2.98. The third-order valence-corrected chi connectivity index (χ3v) is 7.75. The van der Waals surface area contributed by atoms with Gasteiger partial charge in [0.15, 0.2) is 5.82 Å². The fraction of sp³-hybridized carbons (Fsp3) is 0.500. The van der Waals surface area contributed by atoms with E-state index in [0.717, 1.165) is 43.1 Å². The Hall–Kier alpha value is -1.32. The molecule has 7 nitrogen and oxygen atoms in total. The van der Waals surface area contributed by atoms with Crippen molar-refractivity contribution in [3.05, 3.63) is 28.6 Å². The Morgan fingerprint density at radius 2 is 2.00 bits per heavy atom. The highest BCUT2D eigenvalue weighted by Gasteiger charge is 2.46. The number of rotatable bonds is 3. The van der Waals surface area contributed by atoms with Crippen LogP contribution in [-0.4, -0.2) is 45.3 Å². The van der Waals surface area contributed by atoms with Crippen molar-refractivity contribution >= 4 is 46.6 Å². The molecule has 1 saturated heterocycles. The van der Waals surface area contributed by atoms with Crippen LogP contribution in [0.15, 0.2) is 28.4 Å². The number of aliphatic hydroxyl groups excluding tert-OH is 1. The molecule has 2 atom stereocenters. The van der Waals surface area contributed by atoms with Gasteiger partial charge in [-0.1, -0.05) is 35.0 Å². The van der Waals surface area contributed by atoms with Gasteiger partial charge in [0.1, 0.15) is 16.0 Å². The fourth-order valence-electron chi connectivity index (χ4n) is 4.20. The van der Waals surface area contributed by atoms with E-state index in [1.54, 1.807) is 18.5 Å².